The van der Waals surface area contributed by atoms with E-state index in [-0.39, 0.29) is 16.9 Å². The Kier molecular flexibility index (Phi) is 2.71. The van der Waals surface area contributed by atoms with E-state index in [1.165, 1.54) is 11.1 Å². The summed E-state index contributed by atoms with van der Waals surface area (Å²) in [6, 6.07) is 0. The summed E-state index contributed by atoms with van der Waals surface area (Å²) >= 11 is 0. The van der Waals surface area contributed by atoms with E-state index in [0.717, 1.165) is 31.4 Å². The second-order valence-electron chi connectivity index (χ2n) is 7.24. The van der Waals surface area contributed by atoms with Crippen LogP contribution in [-0.4, -0.2) is 11.9 Å². The van der Waals surface area contributed by atoms with E-state index in [2.05, 4.69) is 33.8 Å². The molecule has 0 N–H and O–H groups in total. The zero-order valence-electron chi connectivity index (χ0n) is 12.5. The van der Waals surface area contributed by atoms with Gasteiger partial charge in [-0.15, -0.1) is 0 Å². The van der Waals surface area contributed by atoms with Gasteiger partial charge in [-0.25, -0.2) is 0 Å². The molecule has 0 bridgehead atoms. The number of hydrogen-bond acceptors (Lipinski definition) is 2. The Balaban J connectivity index is 2.07. The van der Waals surface area contributed by atoms with E-state index in [1.807, 2.05) is 0 Å². The van der Waals surface area contributed by atoms with Crippen molar-refractivity contribution in [1.29, 1.82) is 0 Å². The highest BCUT2D eigenvalue weighted by Gasteiger charge is 2.47. The van der Waals surface area contributed by atoms with Crippen molar-refractivity contribution in [2.75, 3.05) is 0 Å². The minimum absolute atomic E-state index is 0.151. The molecule has 2 atom stereocenters. The highest BCUT2D eigenvalue weighted by molar-refractivity contribution is 5.90. The zero-order chi connectivity index (χ0) is 13.8. The molecule has 0 saturated heterocycles. The third kappa shape index (κ3) is 1.79. The van der Waals surface area contributed by atoms with Crippen LogP contribution in [0.1, 0.15) is 59.8 Å². The van der Waals surface area contributed by atoms with Crippen LogP contribution in [0.2, 0.25) is 0 Å². The molecular formula is C17H24O2. The first-order valence-electron chi connectivity index (χ1n) is 7.47. The summed E-state index contributed by atoms with van der Waals surface area (Å²) in [6.45, 7) is 8.82. The van der Waals surface area contributed by atoms with Gasteiger partial charge in [-0.1, -0.05) is 19.9 Å². The monoisotopic (exact) mass is 260 g/mol. The molecule has 0 fully saturated rings. The lowest BCUT2D eigenvalue weighted by molar-refractivity contribution is -0.127. The van der Waals surface area contributed by atoms with Crippen LogP contribution >= 0.6 is 0 Å². The largest absolute Gasteiger partial charge is 0.494 e. The molecule has 19 heavy (non-hydrogen) atoms. The van der Waals surface area contributed by atoms with Gasteiger partial charge in [0.05, 0.1) is 11.2 Å². The van der Waals surface area contributed by atoms with Crippen LogP contribution in [-0.2, 0) is 9.53 Å². The second-order valence-corrected chi connectivity index (χ2v) is 7.24. The number of Topliss-reactive ketones (excluding diaryl/α,β-unsaturated/α-hetero) is 1. The zero-order valence-corrected chi connectivity index (χ0v) is 12.5. The van der Waals surface area contributed by atoms with Crippen LogP contribution in [0.5, 0.6) is 0 Å². The van der Waals surface area contributed by atoms with Crippen LogP contribution in [0.15, 0.2) is 23.0 Å². The summed E-state index contributed by atoms with van der Waals surface area (Å²) < 4.78 is 6.16. The Labute approximate surface area is 115 Å². The highest BCUT2D eigenvalue weighted by atomic mass is 16.5. The molecule has 2 aliphatic carbocycles. The van der Waals surface area contributed by atoms with Crippen molar-refractivity contribution in [2.24, 2.45) is 10.8 Å². The first kappa shape index (κ1) is 13.0. The predicted octanol–water partition coefficient (Wildman–Crippen LogP) is 4.16. The number of rotatable bonds is 0. The molecular weight excluding hydrogens is 236 g/mol. The van der Waals surface area contributed by atoms with E-state index in [9.17, 15) is 4.79 Å². The molecule has 3 aliphatic rings. The molecule has 1 heterocycles. The van der Waals surface area contributed by atoms with Crippen molar-refractivity contribution in [3.8, 4) is 0 Å². The fraction of sp³-hybridized carbons (Fsp3) is 0.706. The fourth-order valence-corrected chi connectivity index (χ4v) is 3.69. The number of ether oxygens (including phenoxy) is 1. The van der Waals surface area contributed by atoms with E-state index in [4.69, 9.17) is 4.74 Å². The number of allylic oxidation sites excluding steroid dienone is 4. The third-order valence-corrected chi connectivity index (χ3v) is 5.50. The normalized spacial score (nSPS) is 37.2. The molecule has 3 rings (SSSR count). The van der Waals surface area contributed by atoms with Crippen LogP contribution in [0.4, 0.5) is 0 Å². The Hall–Kier alpha value is -1.05. The SMILES string of the molecule is C[C@H]1OC2=C(CC1(C)C)C1=CCCC(=O)[C@]1(C)CC2. The predicted molar refractivity (Wildman–Crippen MR) is 75.6 cm³/mol. The smallest absolute Gasteiger partial charge is 0.143 e. The highest BCUT2D eigenvalue weighted by Crippen LogP contribution is 2.53. The van der Waals surface area contributed by atoms with E-state index >= 15 is 0 Å². The molecule has 0 aromatic carbocycles. The van der Waals surface area contributed by atoms with Crippen LogP contribution in [0.3, 0.4) is 0 Å². The van der Waals surface area contributed by atoms with Crippen molar-refractivity contribution in [3.05, 3.63) is 23.0 Å². The molecule has 0 radical (unpaired) electrons. The molecule has 104 valence electrons. The van der Waals surface area contributed by atoms with E-state index < -0.39 is 0 Å². The van der Waals surface area contributed by atoms with Gasteiger partial charge in [0.2, 0.25) is 0 Å². The lowest BCUT2D eigenvalue weighted by Crippen LogP contribution is -2.42. The van der Waals surface area contributed by atoms with Crippen LogP contribution in [0, 0.1) is 10.8 Å². The maximum absolute atomic E-state index is 12.3. The minimum atomic E-state index is -0.239. The van der Waals surface area contributed by atoms with Crippen molar-refractivity contribution in [3.63, 3.8) is 0 Å². The summed E-state index contributed by atoms with van der Waals surface area (Å²) in [6.07, 6.45) is 7.05. The van der Waals surface area contributed by atoms with E-state index in [1.54, 1.807) is 0 Å². The average Bonchev–Trinajstić information content (AvgIpc) is 2.33. The fourth-order valence-electron chi connectivity index (χ4n) is 3.69. The molecule has 2 nitrogen and oxygen atoms in total. The molecule has 0 unspecified atom stereocenters. The summed E-state index contributed by atoms with van der Waals surface area (Å²) in [7, 11) is 0. The van der Waals surface area contributed by atoms with Crippen molar-refractivity contribution < 1.29 is 9.53 Å². The number of carbonyl (C=O) groups is 1. The topological polar surface area (TPSA) is 26.3 Å². The quantitative estimate of drug-likeness (QED) is 0.653. The molecule has 0 saturated carbocycles. The van der Waals surface area contributed by atoms with Gasteiger partial charge in [0.15, 0.2) is 0 Å². The third-order valence-electron chi connectivity index (χ3n) is 5.50. The number of carbonyl (C=O) groups excluding carboxylic acids is 1. The number of hydrogen-bond donors (Lipinski definition) is 0. The molecule has 0 aromatic heterocycles. The Morgan fingerprint density at radius 3 is 2.74 bits per heavy atom. The summed E-state index contributed by atoms with van der Waals surface area (Å²) in [5.41, 5.74) is 2.53. The molecule has 1 aliphatic heterocycles. The van der Waals surface area contributed by atoms with Crippen molar-refractivity contribution in [1.82, 2.24) is 0 Å². The van der Waals surface area contributed by atoms with Gasteiger partial charge in [-0.2, -0.15) is 0 Å². The van der Waals surface area contributed by atoms with Gasteiger partial charge >= 0.3 is 0 Å². The van der Waals surface area contributed by atoms with Gasteiger partial charge in [0.25, 0.3) is 0 Å². The van der Waals surface area contributed by atoms with Gasteiger partial charge < -0.3 is 4.74 Å². The van der Waals surface area contributed by atoms with Crippen LogP contribution < -0.4 is 0 Å². The molecule has 2 heteroatoms. The first-order chi connectivity index (χ1) is 8.84. The number of fused-ring (bicyclic) bond motifs is 2. The van der Waals surface area contributed by atoms with Gasteiger partial charge in [0.1, 0.15) is 11.9 Å². The van der Waals surface area contributed by atoms with Gasteiger partial charge in [0, 0.05) is 18.3 Å². The summed E-state index contributed by atoms with van der Waals surface area (Å²) in [4.78, 5) is 12.3. The second kappa shape index (κ2) is 3.97. The summed E-state index contributed by atoms with van der Waals surface area (Å²) in [5.74, 6) is 1.58. The van der Waals surface area contributed by atoms with Crippen molar-refractivity contribution >= 4 is 5.78 Å². The first-order valence-corrected chi connectivity index (χ1v) is 7.47. The maximum atomic E-state index is 12.3. The van der Waals surface area contributed by atoms with Crippen molar-refractivity contribution in [2.45, 2.75) is 65.9 Å². The Morgan fingerprint density at radius 2 is 2.00 bits per heavy atom. The molecule has 0 amide bonds. The molecule has 0 aromatic rings. The number of ketones is 1. The van der Waals surface area contributed by atoms with Gasteiger partial charge in [-0.05, 0) is 44.3 Å². The Bertz CT molecular complexity index is 495. The van der Waals surface area contributed by atoms with Crippen LogP contribution in [0.25, 0.3) is 0 Å². The van der Waals surface area contributed by atoms with Gasteiger partial charge in [-0.3, -0.25) is 4.79 Å². The lowest BCUT2D eigenvalue weighted by Gasteiger charge is -2.47. The lowest BCUT2D eigenvalue weighted by atomic mass is 9.61. The standard InChI is InChI=1S/C17H24O2/c1-11-16(2,3)10-12-13-6-5-7-15(18)17(13,4)9-8-14(12)19-11/h6,11H,5,7-10H2,1-4H3/t11-,17-/m1/s1. The maximum Gasteiger partial charge on any atom is 0.143 e. The molecule has 0 spiro atoms. The Morgan fingerprint density at radius 1 is 1.26 bits per heavy atom. The van der Waals surface area contributed by atoms with E-state index in [0.29, 0.717) is 12.2 Å². The average molecular weight is 260 g/mol. The minimum Gasteiger partial charge on any atom is -0.494 e. The summed E-state index contributed by atoms with van der Waals surface area (Å²) in [5, 5.41) is 0.